The van der Waals surface area contributed by atoms with E-state index in [-0.39, 0.29) is 17.8 Å². The van der Waals surface area contributed by atoms with Gasteiger partial charge in [0.1, 0.15) is 4.83 Å². The lowest BCUT2D eigenvalue weighted by molar-refractivity contribution is 0.185. The molecule has 2 aromatic rings. The number of nitrogens with one attached hydrogen (secondary N) is 1. The van der Waals surface area contributed by atoms with Crippen LogP contribution in [0, 0.1) is 13.8 Å². The quantitative estimate of drug-likeness (QED) is 0.889. The van der Waals surface area contributed by atoms with E-state index in [1.165, 1.54) is 23.0 Å². The number of aromatic amines is 1. The molecule has 0 radical (unpaired) electrons. The molecule has 2 rings (SSSR count). The van der Waals surface area contributed by atoms with E-state index in [1.54, 1.807) is 0 Å². The molecule has 0 amide bonds. The standard InChI is InChI=1S/C11H14N2O3S/c1-6-7(2)17-9-8(6)10(14)13(4-5-16-3)11(15)12-9/h4-5H2,1-3H3,(H,12,15). The summed E-state index contributed by atoms with van der Waals surface area (Å²) < 4.78 is 6.08. The zero-order valence-electron chi connectivity index (χ0n) is 9.99. The molecule has 0 fully saturated rings. The summed E-state index contributed by atoms with van der Waals surface area (Å²) in [4.78, 5) is 28.4. The summed E-state index contributed by atoms with van der Waals surface area (Å²) in [6.45, 7) is 4.46. The van der Waals surface area contributed by atoms with E-state index in [4.69, 9.17) is 4.74 Å². The van der Waals surface area contributed by atoms with Crippen molar-refractivity contribution in [2.24, 2.45) is 0 Å². The minimum atomic E-state index is -0.374. The van der Waals surface area contributed by atoms with Gasteiger partial charge in [-0.3, -0.25) is 14.3 Å². The van der Waals surface area contributed by atoms with Crippen LogP contribution in [0.3, 0.4) is 0 Å². The molecule has 0 bridgehead atoms. The van der Waals surface area contributed by atoms with Crippen LogP contribution in [0.15, 0.2) is 9.59 Å². The molecule has 0 saturated heterocycles. The van der Waals surface area contributed by atoms with E-state index in [0.717, 1.165) is 10.4 Å². The van der Waals surface area contributed by atoms with Crippen LogP contribution in [0.25, 0.3) is 10.2 Å². The summed E-state index contributed by atoms with van der Waals surface area (Å²) in [7, 11) is 1.54. The van der Waals surface area contributed by atoms with Gasteiger partial charge in [-0.15, -0.1) is 11.3 Å². The Morgan fingerprint density at radius 1 is 1.35 bits per heavy atom. The van der Waals surface area contributed by atoms with Crippen molar-refractivity contribution in [1.82, 2.24) is 9.55 Å². The predicted octanol–water partition coefficient (Wildman–Crippen LogP) is 1.01. The summed E-state index contributed by atoms with van der Waals surface area (Å²) in [5.41, 5.74) is 0.334. The Labute approximate surface area is 102 Å². The van der Waals surface area contributed by atoms with Gasteiger partial charge in [0.25, 0.3) is 5.56 Å². The number of H-pyrrole nitrogens is 1. The SMILES string of the molecule is COCCn1c(=O)[nH]c2sc(C)c(C)c2c1=O. The number of aryl methyl sites for hydroxylation is 2. The molecule has 92 valence electrons. The van der Waals surface area contributed by atoms with Crippen molar-refractivity contribution >= 4 is 21.6 Å². The zero-order valence-corrected chi connectivity index (χ0v) is 10.8. The van der Waals surface area contributed by atoms with E-state index in [1.807, 2.05) is 13.8 Å². The Bertz CT molecular complexity index is 666. The Morgan fingerprint density at radius 2 is 2.06 bits per heavy atom. The van der Waals surface area contributed by atoms with Gasteiger partial charge in [-0.2, -0.15) is 0 Å². The normalized spacial score (nSPS) is 11.2. The van der Waals surface area contributed by atoms with Crippen molar-refractivity contribution < 1.29 is 4.74 Å². The second kappa shape index (κ2) is 4.46. The van der Waals surface area contributed by atoms with Crippen molar-refractivity contribution in [3.63, 3.8) is 0 Å². The second-order valence-corrected chi connectivity index (χ2v) is 5.09. The number of ether oxygens (including phenoxy) is 1. The molecule has 0 saturated carbocycles. The van der Waals surface area contributed by atoms with Crippen LogP contribution in [0.1, 0.15) is 10.4 Å². The van der Waals surface area contributed by atoms with Crippen LogP contribution in [0.5, 0.6) is 0 Å². The van der Waals surface area contributed by atoms with Crippen LogP contribution < -0.4 is 11.2 Å². The number of fused-ring (bicyclic) bond motifs is 1. The molecule has 1 N–H and O–H groups in total. The highest BCUT2D eigenvalue weighted by Crippen LogP contribution is 2.24. The van der Waals surface area contributed by atoms with Crippen molar-refractivity contribution in [3.8, 4) is 0 Å². The number of hydrogen-bond donors (Lipinski definition) is 1. The van der Waals surface area contributed by atoms with E-state index in [0.29, 0.717) is 16.8 Å². The zero-order chi connectivity index (χ0) is 12.6. The predicted molar refractivity (Wildman–Crippen MR) is 68.1 cm³/mol. The van der Waals surface area contributed by atoms with Crippen LogP contribution in [0.4, 0.5) is 0 Å². The van der Waals surface area contributed by atoms with Crippen LogP contribution in [-0.2, 0) is 11.3 Å². The van der Waals surface area contributed by atoms with Crippen LogP contribution in [0.2, 0.25) is 0 Å². The third-order valence-electron chi connectivity index (χ3n) is 2.83. The molecule has 0 aromatic carbocycles. The van der Waals surface area contributed by atoms with Gasteiger partial charge in [0.15, 0.2) is 0 Å². The molecule has 0 atom stereocenters. The lowest BCUT2D eigenvalue weighted by Gasteiger charge is -2.03. The lowest BCUT2D eigenvalue weighted by Crippen LogP contribution is -2.36. The van der Waals surface area contributed by atoms with Gasteiger partial charge in [-0.25, -0.2) is 4.79 Å². The number of thiophene rings is 1. The Kier molecular flexibility index (Phi) is 3.17. The summed E-state index contributed by atoms with van der Waals surface area (Å²) >= 11 is 1.44. The molecule has 0 aliphatic rings. The Morgan fingerprint density at radius 3 is 2.71 bits per heavy atom. The van der Waals surface area contributed by atoms with Crippen molar-refractivity contribution in [2.75, 3.05) is 13.7 Å². The highest BCUT2D eigenvalue weighted by atomic mass is 32.1. The molecule has 5 nitrogen and oxygen atoms in total. The van der Waals surface area contributed by atoms with E-state index >= 15 is 0 Å². The maximum Gasteiger partial charge on any atom is 0.329 e. The van der Waals surface area contributed by atoms with Gasteiger partial charge in [-0.1, -0.05) is 0 Å². The number of rotatable bonds is 3. The largest absolute Gasteiger partial charge is 0.383 e. The fourth-order valence-electron chi connectivity index (χ4n) is 1.75. The summed E-state index contributed by atoms with van der Waals surface area (Å²) in [6.07, 6.45) is 0. The fourth-order valence-corrected chi connectivity index (χ4v) is 2.79. The molecule has 0 unspecified atom stereocenters. The second-order valence-electron chi connectivity index (χ2n) is 3.87. The van der Waals surface area contributed by atoms with Gasteiger partial charge in [0.2, 0.25) is 0 Å². The van der Waals surface area contributed by atoms with E-state index < -0.39 is 0 Å². The van der Waals surface area contributed by atoms with Crippen molar-refractivity contribution in [3.05, 3.63) is 31.3 Å². The first-order valence-corrected chi connectivity index (χ1v) is 6.09. The molecule has 17 heavy (non-hydrogen) atoms. The molecular formula is C11H14N2O3S. The van der Waals surface area contributed by atoms with Gasteiger partial charge in [0.05, 0.1) is 18.5 Å². The van der Waals surface area contributed by atoms with Gasteiger partial charge >= 0.3 is 5.69 Å². The maximum absolute atomic E-state index is 12.2. The highest BCUT2D eigenvalue weighted by molar-refractivity contribution is 7.18. The number of methoxy groups -OCH3 is 1. The maximum atomic E-state index is 12.2. The Hall–Kier alpha value is -1.40. The topological polar surface area (TPSA) is 64.1 Å². The molecule has 0 aliphatic carbocycles. The molecule has 0 aliphatic heterocycles. The highest BCUT2D eigenvalue weighted by Gasteiger charge is 2.13. The first-order valence-electron chi connectivity index (χ1n) is 5.28. The average molecular weight is 254 g/mol. The van der Waals surface area contributed by atoms with E-state index in [9.17, 15) is 9.59 Å². The number of aromatic nitrogens is 2. The summed E-state index contributed by atoms with van der Waals surface area (Å²) in [5.74, 6) is 0. The number of nitrogens with zero attached hydrogens (tertiary/aromatic N) is 1. The monoisotopic (exact) mass is 254 g/mol. The fraction of sp³-hybridized carbons (Fsp3) is 0.455. The Balaban J connectivity index is 2.74. The minimum absolute atomic E-state index is 0.234. The first-order chi connectivity index (χ1) is 8.06. The van der Waals surface area contributed by atoms with Crippen molar-refractivity contribution in [2.45, 2.75) is 20.4 Å². The van der Waals surface area contributed by atoms with Gasteiger partial charge in [0, 0.05) is 12.0 Å². The molecule has 6 heteroatoms. The smallest absolute Gasteiger partial charge is 0.329 e. The minimum Gasteiger partial charge on any atom is -0.383 e. The lowest BCUT2D eigenvalue weighted by atomic mass is 10.2. The summed E-state index contributed by atoms with van der Waals surface area (Å²) in [5, 5.41) is 0.614. The van der Waals surface area contributed by atoms with Gasteiger partial charge < -0.3 is 4.74 Å². The summed E-state index contributed by atoms with van der Waals surface area (Å²) in [6, 6.07) is 0. The van der Waals surface area contributed by atoms with Gasteiger partial charge in [-0.05, 0) is 19.4 Å². The van der Waals surface area contributed by atoms with Crippen LogP contribution in [-0.4, -0.2) is 23.3 Å². The molecule has 2 aromatic heterocycles. The molecule has 0 spiro atoms. The molecular weight excluding hydrogens is 240 g/mol. The first kappa shape index (κ1) is 12.1. The average Bonchev–Trinajstić information content (AvgIpc) is 2.54. The third kappa shape index (κ3) is 1.94. The molecule has 2 heterocycles. The van der Waals surface area contributed by atoms with E-state index in [2.05, 4.69) is 4.98 Å². The van der Waals surface area contributed by atoms with Crippen LogP contribution >= 0.6 is 11.3 Å². The number of hydrogen-bond acceptors (Lipinski definition) is 4. The third-order valence-corrected chi connectivity index (χ3v) is 3.95. The van der Waals surface area contributed by atoms with Crippen molar-refractivity contribution in [1.29, 1.82) is 0 Å².